The predicted molar refractivity (Wildman–Crippen MR) is 71.5 cm³/mol. The fourth-order valence-electron chi connectivity index (χ4n) is 2.57. The number of amides is 2. The highest BCUT2D eigenvalue weighted by molar-refractivity contribution is 5.74. The highest BCUT2D eigenvalue weighted by Gasteiger charge is 2.18. The first-order valence-corrected chi connectivity index (χ1v) is 7.07. The number of hydrogen-bond donors (Lipinski definition) is 2. The average molecular weight is 252 g/mol. The smallest absolute Gasteiger partial charge is 0.315 e. The van der Waals surface area contributed by atoms with Crippen LogP contribution in [0.25, 0.3) is 0 Å². The van der Waals surface area contributed by atoms with Gasteiger partial charge in [0.05, 0.1) is 6.10 Å². The Morgan fingerprint density at radius 2 is 2.22 bits per heavy atom. The lowest BCUT2D eigenvalue weighted by Crippen LogP contribution is -2.44. The van der Waals surface area contributed by atoms with E-state index in [4.69, 9.17) is 4.74 Å². The van der Waals surface area contributed by atoms with E-state index in [1.54, 1.807) is 0 Å². The van der Waals surface area contributed by atoms with E-state index in [1.807, 2.05) is 0 Å². The molecule has 0 bridgehead atoms. The molecule has 2 unspecified atom stereocenters. The second kappa shape index (κ2) is 6.78. The summed E-state index contributed by atoms with van der Waals surface area (Å²) in [5.74, 6) is 0. The van der Waals surface area contributed by atoms with E-state index in [9.17, 15) is 4.79 Å². The zero-order valence-electron chi connectivity index (χ0n) is 11.2. The summed E-state index contributed by atoms with van der Waals surface area (Å²) in [6, 6.07) is 0.461. The van der Waals surface area contributed by atoms with E-state index >= 15 is 0 Å². The molecule has 18 heavy (non-hydrogen) atoms. The van der Waals surface area contributed by atoms with E-state index < -0.39 is 0 Å². The fraction of sp³-hybridized carbons (Fsp3) is 0.786. The maximum atomic E-state index is 11.7. The van der Waals surface area contributed by atoms with Gasteiger partial charge in [0.15, 0.2) is 0 Å². The van der Waals surface area contributed by atoms with Crippen molar-refractivity contribution in [1.82, 2.24) is 10.6 Å². The van der Waals surface area contributed by atoms with Gasteiger partial charge < -0.3 is 15.4 Å². The highest BCUT2D eigenvalue weighted by Crippen LogP contribution is 2.17. The van der Waals surface area contributed by atoms with E-state index in [0.717, 1.165) is 32.3 Å². The van der Waals surface area contributed by atoms with Crippen molar-refractivity contribution in [1.29, 1.82) is 0 Å². The second-order valence-corrected chi connectivity index (χ2v) is 5.37. The van der Waals surface area contributed by atoms with Crippen LogP contribution in [-0.4, -0.2) is 30.8 Å². The topological polar surface area (TPSA) is 50.4 Å². The lowest BCUT2D eigenvalue weighted by molar-refractivity contribution is 0.100. The molecule has 1 aliphatic heterocycles. The number of carbonyl (C=O) groups excluding carboxylic acids is 1. The first-order valence-electron chi connectivity index (χ1n) is 7.07. The molecule has 1 aliphatic carbocycles. The van der Waals surface area contributed by atoms with Gasteiger partial charge in [-0.3, -0.25) is 0 Å². The van der Waals surface area contributed by atoms with Crippen molar-refractivity contribution in [2.45, 2.75) is 63.6 Å². The van der Waals surface area contributed by atoms with Crippen molar-refractivity contribution in [2.75, 3.05) is 6.61 Å². The molecule has 0 spiro atoms. The largest absolute Gasteiger partial charge is 0.378 e. The van der Waals surface area contributed by atoms with Crippen molar-refractivity contribution >= 4 is 6.03 Å². The van der Waals surface area contributed by atoms with Gasteiger partial charge in [-0.05, 0) is 45.4 Å². The molecule has 0 aromatic heterocycles. The van der Waals surface area contributed by atoms with Crippen LogP contribution in [0.2, 0.25) is 0 Å². The van der Waals surface area contributed by atoms with Gasteiger partial charge in [0.1, 0.15) is 0 Å². The molecule has 2 rings (SSSR count). The predicted octanol–water partition coefficient (Wildman–Crippen LogP) is 2.35. The highest BCUT2D eigenvalue weighted by atomic mass is 16.5. The quantitative estimate of drug-likeness (QED) is 0.738. The first-order chi connectivity index (χ1) is 8.74. The zero-order chi connectivity index (χ0) is 12.8. The molecular weight excluding hydrogens is 228 g/mol. The minimum absolute atomic E-state index is 0.0384. The number of urea groups is 1. The van der Waals surface area contributed by atoms with Gasteiger partial charge in [-0.1, -0.05) is 12.2 Å². The summed E-state index contributed by atoms with van der Waals surface area (Å²) in [4.78, 5) is 11.7. The molecule has 0 radical (unpaired) electrons. The Balaban J connectivity index is 1.57. The summed E-state index contributed by atoms with van der Waals surface area (Å²) in [6.07, 6.45) is 10.9. The molecule has 4 nitrogen and oxygen atoms in total. The van der Waals surface area contributed by atoms with E-state index in [0.29, 0.717) is 6.10 Å². The number of nitrogens with one attached hydrogen (secondary N) is 2. The average Bonchev–Trinajstić information content (AvgIpc) is 2.98. The van der Waals surface area contributed by atoms with Crippen molar-refractivity contribution in [3.05, 3.63) is 12.2 Å². The molecule has 0 aromatic carbocycles. The molecule has 4 heteroatoms. The van der Waals surface area contributed by atoms with Crippen LogP contribution in [0, 0.1) is 0 Å². The van der Waals surface area contributed by atoms with Crippen LogP contribution in [-0.2, 0) is 4.74 Å². The molecule has 2 N–H and O–H groups in total. The van der Waals surface area contributed by atoms with Gasteiger partial charge in [-0.15, -0.1) is 0 Å². The minimum Gasteiger partial charge on any atom is -0.378 e. The van der Waals surface area contributed by atoms with Gasteiger partial charge in [-0.25, -0.2) is 4.79 Å². The Morgan fingerprint density at radius 1 is 1.44 bits per heavy atom. The zero-order valence-corrected chi connectivity index (χ0v) is 11.2. The van der Waals surface area contributed by atoms with Crippen LogP contribution in [0.15, 0.2) is 12.2 Å². The van der Waals surface area contributed by atoms with Gasteiger partial charge in [-0.2, -0.15) is 0 Å². The Kier molecular flexibility index (Phi) is 5.05. The van der Waals surface area contributed by atoms with Crippen molar-refractivity contribution < 1.29 is 9.53 Å². The first kappa shape index (κ1) is 13.4. The fourth-order valence-corrected chi connectivity index (χ4v) is 2.57. The summed E-state index contributed by atoms with van der Waals surface area (Å²) in [6.45, 7) is 2.96. The van der Waals surface area contributed by atoms with E-state index in [2.05, 4.69) is 29.7 Å². The normalized spacial score (nSPS) is 25.3. The van der Waals surface area contributed by atoms with Crippen molar-refractivity contribution in [3.63, 3.8) is 0 Å². The Hall–Kier alpha value is -1.03. The van der Waals surface area contributed by atoms with Gasteiger partial charge in [0.25, 0.3) is 0 Å². The standard InChI is InChI=1S/C14H24N2O2/c1-11(8-9-13-7-4-10-18-13)15-14(17)16-12-5-2-3-6-12/h2-3,11-13H,4-10H2,1H3,(H2,15,16,17). The minimum atomic E-state index is -0.0384. The van der Waals surface area contributed by atoms with Gasteiger partial charge in [0, 0.05) is 18.7 Å². The van der Waals surface area contributed by atoms with Crippen LogP contribution < -0.4 is 10.6 Å². The van der Waals surface area contributed by atoms with Crippen LogP contribution in [0.1, 0.15) is 45.4 Å². The van der Waals surface area contributed by atoms with Crippen molar-refractivity contribution in [2.24, 2.45) is 0 Å². The molecule has 0 aromatic rings. The number of ether oxygens (including phenoxy) is 1. The van der Waals surface area contributed by atoms with Crippen LogP contribution in [0.4, 0.5) is 4.79 Å². The van der Waals surface area contributed by atoms with Crippen LogP contribution in [0.3, 0.4) is 0 Å². The molecule has 1 fully saturated rings. The second-order valence-electron chi connectivity index (χ2n) is 5.37. The molecular formula is C14H24N2O2. The molecule has 2 amide bonds. The third-order valence-electron chi connectivity index (χ3n) is 3.67. The summed E-state index contributed by atoms with van der Waals surface area (Å²) >= 11 is 0. The molecule has 102 valence electrons. The maximum Gasteiger partial charge on any atom is 0.315 e. The molecule has 2 atom stereocenters. The number of hydrogen-bond acceptors (Lipinski definition) is 2. The Labute approximate surface area is 109 Å². The Bertz CT molecular complexity index is 290. The van der Waals surface area contributed by atoms with E-state index in [-0.39, 0.29) is 18.1 Å². The van der Waals surface area contributed by atoms with Crippen LogP contribution in [0.5, 0.6) is 0 Å². The van der Waals surface area contributed by atoms with Gasteiger partial charge in [0.2, 0.25) is 0 Å². The summed E-state index contributed by atoms with van der Waals surface area (Å²) in [5.41, 5.74) is 0. The lowest BCUT2D eigenvalue weighted by atomic mass is 10.1. The van der Waals surface area contributed by atoms with Gasteiger partial charge >= 0.3 is 6.03 Å². The molecule has 1 heterocycles. The number of rotatable bonds is 5. The summed E-state index contributed by atoms with van der Waals surface area (Å²) in [5, 5.41) is 5.99. The Morgan fingerprint density at radius 3 is 2.89 bits per heavy atom. The monoisotopic (exact) mass is 252 g/mol. The summed E-state index contributed by atoms with van der Waals surface area (Å²) < 4.78 is 5.58. The van der Waals surface area contributed by atoms with Crippen LogP contribution >= 0.6 is 0 Å². The third-order valence-corrected chi connectivity index (χ3v) is 3.67. The molecule has 1 saturated heterocycles. The SMILES string of the molecule is CC(CCC1CCCO1)NC(=O)NC1CC=CC1. The van der Waals surface area contributed by atoms with E-state index in [1.165, 1.54) is 12.8 Å². The van der Waals surface area contributed by atoms with Crippen molar-refractivity contribution in [3.8, 4) is 0 Å². The third kappa shape index (κ3) is 4.33. The summed E-state index contributed by atoms with van der Waals surface area (Å²) in [7, 11) is 0. The molecule has 0 saturated carbocycles. The molecule has 2 aliphatic rings. The maximum absolute atomic E-state index is 11.7. The lowest BCUT2D eigenvalue weighted by Gasteiger charge is -2.18. The number of carbonyl (C=O) groups is 1.